The summed E-state index contributed by atoms with van der Waals surface area (Å²) in [5, 5.41) is 20.4. The van der Waals surface area contributed by atoms with Gasteiger partial charge in [-0.15, -0.1) is 0 Å². The number of fused-ring (bicyclic) bond motifs is 2. The Hall–Kier alpha value is -2.96. The first-order valence-electron chi connectivity index (χ1n) is 11.9. The van der Waals surface area contributed by atoms with Crippen LogP contribution in [0.15, 0.2) is 25.3 Å². The lowest BCUT2D eigenvalue weighted by atomic mass is 10.2. The molecule has 6 heterocycles. The van der Waals surface area contributed by atoms with Gasteiger partial charge in [0.15, 0.2) is 22.9 Å². The molecule has 39 heavy (non-hydrogen) atoms. The highest BCUT2D eigenvalue weighted by molar-refractivity contribution is 8.44. The summed E-state index contributed by atoms with van der Waals surface area (Å²) in [7, 11) is 0. The zero-order chi connectivity index (χ0) is 27.3. The van der Waals surface area contributed by atoms with Crippen molar-refractivity contribution in [2.45, 2.75) is 49.7 Å². The van der Waals surface area contributed by atoms with E-state index in [4.69, 9.17) is 30.0 Å². The van der Waals surface area contributed by atoms with Crippen LogP contribution in [0.1, 0.15) is 25.3 Å². The molecule has 19 heteroatoms. The van der Waals surface area contributed by atoms with Gasteiger partial charge < -0.3 is 31.2 Å². The summed E-state index contributed by atoms with van der Waals surface area (Å²) in [6.45, 7) is -4.65. The molecule has 2 aliphatic heterocycles. The van der Waals surface area contributed by atoms with Gasteiger partial charge >= 0.3 is 6.80 Å². The molecule has 0 saturated carbocycles. The number of thiol groups is 1. The Morgan fingerprint density at radius 1 is 0.949 bits per heavy atom. The summed E-state index contributed by atoms with van der Waals surface area (Å²) in [4.78, 5) is 24.6. The number of nitrogens with two attached hydrogens (primary N) is 2. The van der Waals surface area contributed by atoms with Gasteiger partial charge in [0, 0.05) is 12.8 Å². The molecule has 4 aromatic rings. The van der Waals surface area contributed by atoms with E-state index in [9.17, 15) is 14.8 Å². The highest BCUT2D eigenvalue weighted by Gasteiger charge is 2.42. The Morgan fingerprint density at radius 2 is 1.51 bits per heavy atom. The van der Waals surface area contributed by atoms with Gasteiger partial charge in [-0.1, -0.05) is 12.2 Å². The third-order valence-electron chi connectivity index (χ3n) is 6.63. The van der Waals surface area contributed by atoms with Crippen LogP contribution in [-0.2, 0) is 23.1 Å². The minimum atomic E-state index is -3.97. The van der Waals surface area contributed by atoms with Gasteiger partial charge in [0.05, 0.1) is 32.0 Å². The Labute approximate surface area is 225 Å². The smallest absolute Gasteiger partial charge is 0.386 e. The molecule has 0 spiro atoms. The van der Waals surface area contributed by atoms with Crippen molar-refractivity contribution in [1.82, 2.24) is 39.0 Å². The van der Waals surface area contributed by atoms with Gasteiger partial charge in [-0.25, -0.2) is 34.5 Å². The average molecular weight is 581 g/mol. The summed E-state index contributed by atoms with van der Waals surface area (Å²) in [5.41, 5.74) is 13.4. The predicted molar refractivity (Wildman–Crippen MR) is 137 cm³/mol. The molecule has 4 aromatic heterocycles. The van der Waals surface area contributed by atoms with E-state index in [2.05, 4.69) is 42.2 Å². The SMILES string of the molecule is Nc1ncnc2c1ncn2[C@H]1CC(O)[C@@H](COP(=O)(S)OC2C[C@H](n3cnc4c(N)ncnc43)O[C@@H]2CO)O1. The zero-order valence-corrected chi connectivity index (χ0v) is 22.0. The lowest BCUT2D eigenvalue weighted by molar-refractivity contribution is -0.0484. The number of ether oxygens (including phenoxy) is 2. The number of aliphatic hydroxyl groups is 2. The van der Waals surface area contributed by atoms with E-state index in [1.807, 2.05) is 0 Å². The largest absolute Gasteiger partial charge is 0.394 e. The second kappa shape index (κ2) is 10.2. The van der Waals surface area contributed by atoms with Crippen LogP contribution >= 0.6 is 19.0 Å². The number of anilines is 2. The van der Waals surface area contributed by atoms with E-state index >= 15 is 0 Å². The van der Waals surface area contributed by atoms with Gasteiger partial charge in [0.1, 0.15) is 54.5 Å². The average Bonchev–Trinajstić information content (AvgIpc) is 3.68. The Bertz CT molecular complexity index is 1550. The van der Waals surface area contributed by atoms with E-state index in [0.29, 0.717) is 22.3 Å². The molecular weight excluding hydrogens is 555 g/mol. The van der Waals surface area contributed by atoms with Crippen molar-refractivity contribution in [2.24, 2.45) is 0 Å². The second-order valence-corrected chi connectivity index (χ2v) is 11.9. The Morgan fingerprint density at radius 3 is 2.10 bits per heavy atom. The lowest BCUT2D eigenvalue weighted by Crippen LogP contribution is -2.28. The van der Waals surface area contributed by atoms with E-state index < -0.39 is 50.3 Å². The van der Waals surface area contributed by atoms with Crippen LogP contribution in [0.3, 0.4) is 0 Å². The van der Waals surface area contributed by atoms with Crippen molar-refractivity contribution < 1.29 is 33.3 Å². The monoisotopic (exact) mass is 580 g/mol. The predicted octanol–water partition coefficient (Wildman–Crippen LogP) is 0.198. The van der Waals surface area contributed by atoms with Crippen LogP contribution in [0, 0.1) is 0 Å². The summed E-state index contributed by atoms with van der Waals surface area (Å²) in [5.74, 6) is 0.442. The van der Waals surface area contributed by atoms with Crippen LogP contribution < -0.4 is 11.5 Å². The molecule has 6 N–H and O–H groups in total. The lowest BCUT2D eigenvalue weighted by Gasteiger charge is -2.22. The topological polar surface area (TPSA) is 234 Å². The minimum absolute atomic E-state index is 0.192. The molecule has 7 atom stereocenters. The number of nitrogen functional groups attached to an aromatic ring is 2. The molecular formula is C20H25N10O7PS. The normalized spacial score (nSPS) is 28.9. The fourth-order valence-electron chi connectivity index (χ4n) is 4.71. The van der Waals surface area contributed by atoms with Gasteiger partial charge in [0.25, 0.3) is 0 Å². The van der Waals surface area contributed by atoms with Crippen LogP contribution in [0.2, 0.25) is 0 Å². The molecule has 208 valence electrons. The summed E-state index contributed by atoms with van der Waals surface area (Å²) < 4.78 is 39.3. The van der Waals surface area contributed by atoms with Crippen molar-refractivity contribution in [1.29, 1.82) is 0 Å². The first kappa shape index (κ1) is 26.3. The molecule has 0 aromatic carbocycles. The highest BCUT2D eigenvalue weighted by atomic mass is 32.7. The highest BCUT2D eigenvalue weighted by Crippen LogP contribution is 2.56. The third kappa shape index (κ3) is 4.93. The van der Waals surface area contributed by atoms with E-state index in [1.54, 1.807) is 9.13 Å². The van der Waals surface area contributed by atoms with Gasteiger partial charge in [-0.2, -0.15) is 0 Å². The van der Waals surface area contributed by atoms with Crippen molar-refractivity contribution in [3.05, 3.63) is 25.3 Å². The van der Waals surface area contributed by atoms with Crippen LogP contribution in [0.5, 0.6) is 0 Å². The van der Waals surface area contributed by atoms with Gasteiger partial charge in [-0.05, 0) is 0 Å². The number of hydrogen-bond donors (Lipinski definition) is 5. The molecule has 3 unspecified atom stereocenters. The van der Waals surface area contributed by atoms with Gasteiger partial charge in [-0.3, -0.25) is 18.2 Å². The maximum absolute atomic E-state index is 13.1. The Balaban J connectivity index is 1.09. The number of imidazole rings is 2. The molecule has 0 aliphatic carbocycles. The fraction of sp³-hybridized carbons (Fsp3) is 0.500. The van der Waals surface area contributed by atoms with Crippen molar-refractivity contribution in [3.63, 3.8) is 0 Å². The summed E-state index contributed by atoms with van der Waals surface area (Å²) >= 11 is 4.10. The molecule has 2 aliphatic rings. The molecule has 6 rings (SSSR count). The first-order valence-corrected chi connectivity index (χ1v) is 14.5. The van der Waals surface area contributed by atoms with E-state index in [1.165, 1.54) is 25.3 Å². The van der Waals surface area contributed by atoms with Gasteiger partial charge in [0.2, 0.25) is 0 Å². The second-order valence-electron chi connectivity index (χ2n) is 9.05. The standard InChI is InChI=1S/C20H25N10O7PS/c21-17-15-19(25-5-23-17)29(7-27-15)13-1-9(32)12(36-13)4-34-38(33,39)37-10-2-14(35-11(10)3-31)30-8-28-16-18(22)24-6-26-20(16)30/h5-14,31-32H,1-4H2,(H,33,39)(H2,21,23,25)(H2,22,24,26)/t9?,10?,11-,12-,13-,14-,38?/m1/s1. The molecule has 0 radical (unpaired) electrons. The van der Waals surface area contributed by atoms with Crippen LogP contribution in [0.4, 0.5) is 11.6 Å². The third-order valence-corrected chi connectivity index (χ3v) is 8.27. The zero-order valence-electron chi connectivity index (χ0n) is 20.2. The summed E-state index contributed by atoms with van der Waals surface area (Å²) in [6, 6.07) is 0. The quantitative estimate of drug-likeness (QED) is 0.138. The maximum Gasteiger partial charge on any atom is 0.386 e. The minimum Gasteiger partial charge on any atom is -0.394 e. The first-order chi connectivity index (χ1) is 18.7. The Kier molecular flexibility index (Phi) is 6.88. The summed E-state index contributed by atoms with van der Waals surface area (Å²) in [6.07, 6.45) is 1.34. The van der Waals surface area contributed by atoms with Crippen molar-refractivity contribution in [3.8, 4) is 0 Å². The number of rotatable bonds is 8. The molecule has 2 fully saturated rings. The van der Waals surface area contributed by atoms with E-state index in [-0.39, 0.29) is 31.1 Å². The molecule has 0 amide bonds. The number of aromatic nitrogens is 8. The molecule has 17 nitrogen and oxygen atoms in total. The fourth-order valence-corrected chi connectivity index (χ4v) is 6.24. The number of nitrogens with zero attached hydrogens (tertiary/aromatic N) is 8. The van der Waals surface area contributed by atoms with Crippen LogP contribution in [0.25, 0.3) is 22.3 Å². The number of aliphatic hydroxyl groups excluding tert-OH is 2. The van der Waals surface area contributed by atoms with Crippen molar-refractivity contribution >= 4 is 53.0 Å². The maximum atomic E-state index is 13.1. The van der Waals surface area contributed by atoms with Crippen LogP contribution in [-0.4, -0.2) is 86.9 Å². The molecule has 2 saturated heterocycles. The molecule has 0 bridgehead atoms. The van der Waals surface area contributed by atoms with E-state index in [0.717, 1.165) is 0 Å². The van der Waals surface area contributed by atoms with Crippen molar-refractivity contribution in [2.75, 3.05) is 24.7 Å². The number of hydrogen-bond acceptors (Lipinski definition) is 15.